The molecule has 1 aromatic carbocycles. The van der Waals surface area contributed by atoms with Gasteiger partial charge in [-0.15, -0.1) is 0 Å². The maximum atomic E-state index is 13.1. The SMILES string of the molecule is CCN(CCC(O)c1cccc(F)c1)C(C)COC. The van der Waals surface area contributed by atoms with E-state index in [9.17, 15) is 9.50 Å². The van der Waals surface area contributed by atoms with Gasteiger partial charge < -0.3 is 9.84 Å². The fourth-order valence-corrected chi connectivity index (χ4v) is 2.21. The summed E-state index contributed by atoms with van der Waals surface area (Å²) in [6.07, 6.45) is -0.0368. The van der Waals surface area contributed by atoms with Crippen LogP contribution >= 0.6 is 0 Å². The van der Waals surface area contributed by atoms with Crippen molar-refractivity contribution in [3.63, 3.8) is 0 Å². The van der Waals surface area contributed by atoms with Crippen molar-refractivity contribution in [3.05, 3.63) is 35.6 Å². The molecule has 1 aromatic rings. The number of methoxy groups -OCH3 is 1. The van der Waals surface area contributed by atoms with Gasteiger partial charge in [-0.1, -0.05) is 19.1 Å². The molecule has 0 saturated carbocycles. The maximum absolute atomic E-state index is 13.1. The smallest absolute Gasteiger partial charge is 0.123 e. The van der Waals surface area contributed by atoms with Gasteiger partial charge in [0.15, 0.2) is 0 Å². The molecule has 0 heterocycles. The highest BCUT2D eigenvalue weighted by atomic mass is 19.1. The van der Waals surface area contributed by atoms with E-state index in [-0.39, 0.29) is 5.82 Å². The second-order valence-corrected chi connectivity index (χ2v) is 4.79. The van der Waals surface area contributed by atoms with Gasteiger partial charge in [0, 0.05) is 19.7 Å². The summed E-state index contributed by atoms with van der Waals surface area (Å²) in [5, 5.41) is 10.1. The van der Waals surface area contributed by atoms with Crippen LogP contribution in [0.4, 0.5) is 4.39 Å². The number of benzene rings is 1. The van der Waals surface area contributed by atoms with E-state index in [0.29, 0.717) is 24.6 Å². The third-order valence-corrected chi connectivity index (χ3v) is 3.36. The molecule has 0 amide bonds. The lowest BCUT2D eigenvalue weighted by Crippen LogP contribution is -2.37. The van der Waals surface area contributed by atoms with Crippen molar-refractivity contribution in [1.29, 1.82) is 0 Å². The highest BCUT2D eigenvalue weighted by molar-refractivity contribution is 5.18. The Morgan fingerprint density at radius 2 is 2.16 bits per heavy atom. The van der Waals surface area contributed by atoms with E-state index in [0.717, 1.165) is 13.1 Å². The number of nitrogens with zero attached hydrogens (tertiary/aromatic N) is 1. The molecule has 0 aliphatic rings. The van der Waals surface area contributed by atoms with Crippen LogP contribution in [0.25, 0.3) is 0 Å². The molecule has 0 spiro atoms. The summed E-state index contributed by atoms with van der Waals surface area (Å²) < 4.78 is 18.2. The van der Waals surface area contributed by atoms with Gasteiger partial charge in [-0.05, 0) is 37.6 Å². The molecule has 1 rings (SSSR count). The molecule has 0 bridgehead atoms. The summed E-state index contributed by atoms with van der Waals surface area (Å²) in [4.78, 5) is 2.24. The summed E-state index contributed by atoms with van der Waals surface area (Å²) >= 11 is 0. The Kier molecular flexibility index (Phi) is 6.99. The summed E-state index contributed by atoms with van der Waals surface area (Å²) in [5.74, 6) is -0.309. The topological polar surface area (TPSA) is 32.7 Å². The van der Waals surface area contributed by atoms with Crippen LogP contribution in [-0.4, -0.2) is 42.9 Å². The van der Waals surface area contributed by atoms with Crippen molar-refractivity contribution in [2.75, 3.05) is 26.8 Å². The Morgan fingerprint density at radius 3 is 2.74 bits per heavy atom. The van der Waals surface area contributed by atoms with Crippen LogP contribution in [0, 0.1) is 5.82 Å². The number of aliphatic hydroxyl groups excluding tert-OH is 1. The van der Waals surface area contributed by atoms with Crippen molar-refractivity contribution >= 4 is 0 Å². The van der Waals surface area contributed by atoms with E-state index in [1.165, 1.54) is 12.1 Å². The summed E-state index contributed by atoms with van der Waals surface area (Å²) in [6, 6.07) is 6.46. The van der Waals surface area contributed by atoms with Gasteiger partial charge in [-0.3, -0.25) is 4.90 Å². The predicted octanol–water partition coefficient (Wildman–Crippen LogP) is 2.61. The highest BCUT2D eigenvalue weighted by Crippen LogP contribution is 2.18. The van der Waals surface area contributed by atoms with Crippen LogP contribution in [0.15, 0.2) is 24.3 Å². The first-order valence-electron chi connectivity index (χ1n) is 6.75. The van der Waals surface area contributed by atoms with E-state index in [1.54, 1.807) is 19.2 Å². The fourth-order valence-electron chi connectivity index (χ4n) is 2.21. The Bertz CT molecular complexity index is 373. The zero-order valence-electron chi connectivity index (χ0n) is 12.0. The minimum absolute atomic E-state index is 0.309. The van der Waals surface area contributed by atoms with Crippen LogP contribution in [0.5, 0.6) is 0 Å². The Hall–Kier alpha value is -0.970. The molecule has 19 heavy (non-hydrogen) atoms. The lowest BCUT2D eigenvalue weighted by molar-refractivity contribution is 0.0840. The number of ether oxygens (including phenoxy) is 1. The summed E-state index contributed by atoms with van der Waals surface area (Å²) in [5.41, 5.74) is 0.635. The first kappa shape index (κ1) is 16.1. The Morgan fingerprint density at radius 1 is 1.42 bits per heavy atom. The van der Waals surface area contributed by atoms with Crippen LogP contribution in [0.1, 0.15) is 31.9 Å². The van der Waals surface area contributed by atoms with E-state index >= 15 is 0 Å². The summed E-state index contributed by atoms with van der Waals surface area (Å²) in [6.45, 7) is 6.52. The van der Waals surface area contributed by atoms with Gasteiger partial charge in [-0.25, -0.2) is 4.39 Å². The first-order chi connectivity index (χ1) is 9.08. The average Bonchev–Trinajstić information content (AvgIpc) is 2.39. The fraction of sp³-hybridized carbons (Fsp3) is 0.600. The van der Waals surface area contributed by atoms with E-state index in [1.807, 2.05) is 0 Å². The molecule has 108 valence electrons. The second-order valence-electron chi connectivity index (χ2n) is 4.79. The molecule has 0 fully saturated rings. The molecule has 0 aliphatic carbocycles. The van der Waals surface area contributed by atoms with Crippen LogP contribution in [-0.2, 0) is 4.74 Å². The second kappa shape index (κ2) is 8.25. The quantitative estimate of drug-likeness (QED) is 0.787. The average molecular weight is 269 g/mol. The highest BCUT2D eigenvalue weighted by Gasteiger charge is 2.15. The number of halogens is 1. The largest absolute Gasteiger partial charge is 0.388 e. The molecule has 2 unspecified atom stereocenters. The van der Waals surface area contributed by atoms with Gasteiger partial charge in [0.1, 0.15) is 5.82 Å². The minimum Gasteiger partial charge on any atom is -0.388 e. The molecular formula is C15H24FNO2. The molecule has 0 aromatic heterocycles. The van der Waals surface area contributed by atoms with Crippen molar-refractivity contribution < 1.29 is 14.2 Å². The number of rotatable bonds is 8. The van der Waals surface area contributed by atoms with E-state index < -0.39 is 6.10 Å². The van der Waals surface area contributed by atoms with Crippen molar-refractivity contribution in [1.82, 2.24) is 4.90 Å². The zero-order chi connectivity index (χ0) is 14.3. The lowest BCUT2D eigenvalue weighted by atomic mass is 10.1. The van der Waals surface area contributed by atoms with Crippen molar-refractivity contribution in [2.45, 2.75) is 32.4 Å². The van der Waals surface area contributed by atoms with Gasteiger partial charge in [0.05, 0.1) is 12.7 Å². The van der Waals surface area contributed by atoms with Crippen LogP contribution in [0.2, 0.25) is 0 Å². The molecule has 0 radical (unpaired) electrons. The number of aliphatic hydroxyl groups is 1. The van der Waals surface area contributed by atoms with Crippen LogP contribution in [0.3, 0.4) is 0 Å². The Labute approximate surface area is 115 Å². The number of likely N-dealkylation sites (N-methyl/N-ethyl adjacent to an activating group) is 1. The summed E-state index contributed by atoms with van der Waals surface area (Å²) in [7, 11) is 1.69. The van der Waals surface area contributed by atoms with Crippen molar-refractivity contribution in [3.8, 4) is 0 Å². The van der Waals surface area contributed by atoms with E-state index in [2.05, 4.69) is 18.7 Å². The number of hydrogen-bond acceptors (Lipinski definition) is 3. The van der Waals surface area contributed by atoms with Crippen molar-refractivity contribution in [2.24, 2.45) is 0 Å². The van der Waals surface area contributed by atoms with Gasteiger partial charge in [0.25, 0.3) is 0 Å². The normalized spacial score (nSPS) is 14.6. The lowest BCUT2D eigenvalue weighted by Gasteiger charge is -2.28. The molecule has 0 saturated heterocycles. The molecule has 0 aliphatic heterocycles. The van der Waals surface area contributed by atoms with Crippen LogP contribution < -0.4 is 0 Å². The standard InChI is InChI=1S/C15H24FNO2/c1-4-17(12(2)11-19-3)9-8-15(18)13-6-5-7-14(16)10-13/h5-7,10,12,15,18H,4,8-9,11H2,1-3H3. The van der Waals surface area contributed by atoms with Gasteiger partial charge >= 0.3 is 0 Å². The van der Waals surface area contributed by atoms with Gasteiger partial charge in [0.2, 0.25) is 0 Å². The molecule has 3 nitrogen and oxygen atoms in total. The minimum atomic E-state index is -0.625. The zero-order valence-corrected chi connectivity index (χ0v) is 12.0. The van der Waals surface area contributed by atoms with Gasteiger partial charge in [-0.2, -0.15) is 0 Å². The first-order valence-corrected chi connectivity index (χ1v) is 6.75. The predicted molar refractivity (Wildman–Crippen MR) is 74.6 cm³/mol. The maximum Gasteiger partial charge on any atom is 0.123 e. The molecule has 2 atom stereocenters. The Balaban J connectivity index is 2.50. The number of hydrogen-bond donors (Lipinski definition) is 1. The molecular weight excluding hydrogens is 245 g/mol. The third kappa shape index (κ3) is 5.27. The third-order valence-electron chi connectivity index (χ3n) is 3.36. The van der Waals surface area contributed by atoms with E-state index in [4.69, 9.17) is 4.74 Å². The monoisotopic (exact) mass is 269 g/mol. The molecule has 1 N–H and O–H groups in total. The molecule has 4 heteroatoms.